The van der Waals surface area contributed by atoms with Gasteiger partial charge in [0.2, 0.25) is 16.0 Å². The van der Waals surface area contributed by atoms with Crippen molar-refractivity contribution in [3.8, 4) is 11.8 Å². The maximum absolute atomic E-state index is 13.0. The summed E-state index contributed by atoms with van der Waals surface area (Å²) < 4.78 is 43.7. The Kier molecular flexibility index (Phi) is 6.44. The number of ether oxygens (including phenoxy) is 3. The molecule has 1 atom stereocenters. The second-order valence-corrected chi connectivity index (χ2v) is 10.1. The molecule has 2 aromatic heterocycles. The number of nitrogens with one attached hydrogen (secondary N) is 3. The number of aromatic nitrogens is 3. The summed E-state index contributed by atoms with van der Waals surface area (Å²) in [5.41, 5.74) is 1.42. The van der Waals surface area contributed by atoms with Gasteiger partial charge in [0.05, 0.1) is 54.5 Å². The summed E-state index contributed by atoms with van der Waals surface area (Å²) >= 11 is 0. The first kappa shape index (κ1) is 23.3. The highest BCUT2D eigenvalue weighted by Gasteiger charge is 2.27. The molecule has 3 aromatic rings. The van der Waals surface area contributed by atoms with Gasteiger partial charge in [-0.25, -0.2) is 8.42 Å². The van der Waals surface area contributed by atoms with Gasteiger partial charge in [-0.15, -0.1) is 0 Å². The lowest BCUT2D eigenvalue weighted by atomic mass is 10.2. The van der Waals surface area contributed by atoms with Crippen molar-refractivity contribution in [3.63, 3.8) is 0 Å². The van der Waals surface area contributed by atoms with Crippen LogP contribution in [0.1, 0.15) is 12.0 Å². The van der Waals surface area contributed by atoms with Crippen LogP contribution in [0.3, 0.4) is 0 Å². The van der Waals surface area contributed by atoms with E-state index in [0.29, 0.717) is 73.4 Å². The lowest BCUT2D eigenvalue weighted by molar-refractivity contribution is 0.0730. The van der Waals surface area contributed by atoms with Gasteiger partial charge >= 0.3 is 0 Å². The van der Waals surface area contributed by atoms with Gasteiger partial charge in [0.25, 0.3) is 0 Å². The van der Waals surface area contributed by atoms with Gasteiger partial charge in [-0.1, -0.05) is 0 Å². The number of benzene rings is 1. The highest BCUT2D eigenvalue weighted by atomic mass is 32.2. The summed E-state index contributed by atoms with van der Waals surface area (Å²) in [6, 6.07) is 6.84. The SMILES string of the molecule is COc1cc(S(=O)(=O)N2CCOCC2)ccc1Nc1nc(N[C@H]2CCOC2)c2c(C#N)c[nH]c2n1. The van der Waals surface area contributed by atoms with Crippen LogP contribution in [0.4, 0.5) is 17.5 Å². The summed E-state index contributed by atoms with van der Waals surface area (Å²) in [5.74, 6) is 1.09. The molecule has 0 bridgehead atoms. The van der Waals surface area contributed by atoms with Gasteiger partial charge in [-0.2, -0.15) is 19.5 Å². The second-order valence-electron chi connectivity index (χ2n) is 8.14. The zero-order valence-electron chi connectivity index (χ0n) is 19.1. The van der Waals surface area contributed by atoms with Crippen LogP contribution in [0.15, 0.2) is 29.3 Å². The van der Waals surface area contributed by atoms with Crippen LogP contribution < -0.4 is 15.4 Å². The number of nitriles is 1. The minimum absolute atomic E-state index is 0.0709. The van der Waals surface area contributed by atoms with E-state index in [0.717, 1.165) is 6.42 Å². The molecule has 2 aliphatic rings. The molecule has 0 amide bonds. The number of hydrogen-bond acceptors (Lipinski definition) is 10. The number of nitrogens with zero attached hydrogens (tertiary/aromatic N) is 4. The summed E-state index contributed by atoms with van der Waals surface area (Å²) in [6.45, 7) is 2.55. The van der Waals surface area contributed by atoms with Gasteiger partial charge in [0.15, 0.2) is 0 Å². The normalized spacial score (nSPS) is 18.9. The van der Waals surface area contributed by atoms with Crippen molar-refractivity contribution < 1.29 is 22.6 Å². The van der Waals surface area contributed by atoms with Gasteiger partial charge < -0.3 is 29.8 Å². The highest BCUT2D eigenvalue weighted by molar-refractivity contribution is 7.89. The zero-order valence-corrected chi connectivity index (χ0v) is 19.9. The molecule has 0 spiro atoms. The number of anilines is 3. The van der Waals surface area contributed by atoms with E-state index in [2.05, 4.69) is 31.7 Å². The van der Waals surface area contributed by atoms with Crippen LogP contribution in [-0.2, 0) is 19.5 Å². The van der Waals surface area contributed by atoms with Crippen molar-refractivity contribution in [3.05, 3.63) is 30.0 Å². The quantitative estimate of drug-likeness (QED) is 0.438. The minimum Gasteiger partial charge on any atom is -0.495 e. The van der Waals surface area contributed by atoms with Crippen molar-refractivity contribution in [2.24, 2.45) is 0 Å². The number of hydrogen-bond donors (Lipinski definition) is 3. The predicted octanol–water partition coefficient (Wildman–Crippen LogP) is 1.80. The molecule has 13 heteroatoms. The summed E-state index contributed by atoms with van der Waals surface area (Å²) in [6.07, 6.45) is 2.42. The Hall–Kier alpha value is -3.44. The Bertz CT molecular complexity index is 1370. The molecular weight excluding hydrogens is 474 g/mol. The van der Waals surface area contributed by atoms with E-state index in [1.807, 2.05) is 0 Å². The molecule has 0 aliphatic carbocycles. The molecule has 0 saturated carbocycles. The molecule has 0 radical (unpaired) electrons. The molecule has 0 unspecified atom stereocenters. The Morgan fingerprint density at radius 1 is 1.23 bits per heavy atom. The first-order chi connectivity index (χ1) is 17.0. The smallest absolute Gasteiger partial charge is 0.243 e. The van der Waals surface area contributed by atoms with Crippen LogP contribution in [0.25, 0.3) is 11.0 Å². The average Bonchev–Trinajstić information content (AvgIpc) is 3.54. The number of fused-ring (bicyclic) bond motifs is 1. The number of H-pyrrole nitrogens is 1. The monoisotopic (exact) mass is 499 g/mol. The molecule has 2 saturated heterocycles. The number of morpholine rings is 1. The first-order valence-corrected chi connectivity index (χ1v) is 12.6. The van der Waals surface area contributed by atoms with E-state index in [4.69, 9.17) is 14.2 Å². The van der Waals surface area contributed by atoms with Crippen molar-refractivity contribution in [2.75, 3.05) is 57.3 Å². The molecular formula is C22H25N7O5S. The number of aromatic amines is 1. The van der Waals surface area contributed by atoms with Gasteiger partial charge in [0, 0.05) is 32.0 Å². The van der Waals surface area contributed by atoms with E-state index >= 15 is 0 Å². The fourth-order valence-electron chi connectivity index (χ4n) is 4.11. The third-order valence-corrected chi connectivity index (χ3v) is 7.84. The Morgan fingerprint density at radius 2 is 2.06 bits per heavy atom. The van der Waals surface area contributed by atoms with Crippen molar-refractivity contribution in [2.45, 2.75) is 17.4 Å². The average molecular weight is 500 g/mol. The predicted molar refractivity (Wildman–Crippen MR) is 127 cm³/mol. The van der Waals surface area contributed by atoms with Crippen molar-refractivity contribution >= 4 is 38.5 Å². The molecule has 1 aromatic carbocycles. The summed E-state index contributed by atoms with van der Waals surface area (Å²) in [4.78, 5) is 12.2. The van der Waals surface area contributed by atoms with Crippen molar-refractivity contribution in [1.82, 2.24) is 19.3 Å². The van der Waals surface area contributed by atoms with Crippen LogP contribution in [0, 0.1) is 11.3 Å². The standard InChI is InChI=1S/C22H25N7O5S/c1-32-18-10-16(35(30,31)29-5-8-33-9-6-29)2-3-17(18)26-22-27-20-19(14(11-23)12-24-20)21(28-22)25-15-4-7-34-13-15/h2-3,10,12,15H,4-9,13H2,1H3,(H3,24,25,26,27,28)/t15-/m0/s1. The summed E-state index contributed by atoms with van der Waals surface area (Å²) in [7, 11) is -2.21. The molecule has 3 N–H and O–H groups in total. The maximum Gasteiger partial charge on any atom is 0.243 e. The topological polar surface area (TPSA) is 154 Å². The van der Waals surface area contributed by atoms with E-state index in [9.17, 15) is 13.7 Å². The fourth-order valence-corrected chi connectivity index (χ4v) is 5.54. The van der Waals surface area contributed by atoms with Crippen LogP contribution >= 0.6 is 0 Å². The molecule has 12 nitrogen and oxygen atoms in total. The number of methoxy groups -OCH3 is 1. The number of sulfonamides is 1. The lowest BCUT2D eigenvalue weighted by Crippen LogP contribution is -2.40. The third-order valence-electron chi connectivity index (χ3n) is 5.95. The second kappa shape index (κ2) is 9.67. The fraction of sp³-hybridized carbons (Fsp3) is 0.409. The van der Waals surface area contributed by atoms with Crippen molar-refractivity contribution in [1.29, 1.82) is 5.26 Å². The summed E-state index contributed by atoms with van der Waals surface area (Å²) in [5, 5.41) is 16.6. The Labute approximate surface area is 202 Å². The van der Waals surface area contributed by atoms with E-state index in [1.165, 1.54) is 23.5 Å². The highest BCUT2D eigenvalue weighted by Crippen LogP contribution is 2.33. The zero-order chi connectivity index (χ0) is 24.4. The van der Waals surface area contributed by atoms with Crippen LogP contribution in [-0.4, -0.2) is 80.3 Å². The largest absolute Gasteiger partial charge is 0.495 e. The van der Waals surface area contributed by atoms with Crippen LogP contribution in [0.5, 0.6) is 5.75 Å². The van der Waals surface area contributed by atoms with Gasteiger partial charge in [0.1, 0.15) is 23.3 Å². The third kappa shape index (κ3) is 4.61. The van der Waals surface area contributed by atoms with Gasteiger partial charge in [-0.05, 0) is 18.6 Å². The molecule has 5 rings (SSSR count). The Morgan fingerprint density at radius 3 is 2.77 bits per heavy atom. The maximum atomic E-state index is 13.0. The first-order valence-electron chi connectivity index (χ1n) is 11.2. The van der Waals surface area contributed by atoms with E-state index in [-0.39, 0.29) is 16.9 Å². The van der Waals surface area contributed by atoms with E-state index < -0.39 is 10.0 Å². The number of rotatable bonds is 7. The molecule has 4 heterocycles. The minimum atomic E-state index is -3.68. The van der Waals surface area contributed by atoms with Gasteiger partial charge in [-0.3, -0.25) is 0 Å². The molecule has 2 fully saturated rings. The molecule has 2 aliphatic heterocycles. The van der Waals surface area contributed by atoms with E-state index in [1.54, 1.807) is 12.3 Å². The Balaban J connectivity index is 1.47. The lowest BCUT2D eigenvalue weighted by Gasteiger charge is -2.26. The molecule has 184 valence electrons. The molecule has 35 heavy (non-hydrogen) atoms. The van der Waals surface area contributed by atoms with Crippen LogP contribution in [0.2, 0.25) is 0 Å².